The highest BCUT2D eigenvalue weighted by molar-refractivity contribution is 7.86. The SMILES string of the molecule is CC(C(=O)NC1CC1)S(=O)c1cccc(C(=O)O)c1. The lowest BCUT2D eigenvalue weighted by atomic mass is 10.2. The maximum Gasteiger partial charge on any atom is 0.335 e. The summed E-state index contributed by atoms with van der Waals surface area (Å²) < 4.78 is 12.2. The first kappa shape index (κ1) is 13.7. The van der Waals surface area contributed by atoms with Crippen LogP contribution in [0.25, 0.3) is 0 Å². The summed E-state index contributed by atoms with van der Waals surface area (Å²) in [7, 11) is -1.55. The van der Waals surface area contributed by atoms with E-state index in [1.165, 1.54) is 18.2 Å². The van der Waals surface area contributed by atoms with Crippen LogP contribution in [-0.4, -0.2) is 32.5 Å². The molecule has 1 fully saturated rings. The second-order valence-corrected chi connectivity index (χ2v) is 6.33. The van der Waals surface area contributed by atoms with E-state index < -0.39 is 22.0 Å². The number of aromatic carboxylic acids is 1. The Morgan fingerprint density at radius 3 is 2.68 bits per heavy atom. The van der Waals surface area contributed by atoms with E-state index >= 15 is 0 Å². The molecule has 1 saturated carbocycles. The fourth-order valence-electron chi connectivity index (χ4n) is 1.60. The van der Waals surface area contributed by atoms with Gasteiger partial charge in [0, 0.05) is 10.9 Å². The third-order valence-electron chi connectivity index (χ3n) is 2.93. The number of carbonyl (C=O) groups excluding carboxylic acids is 1. The predicted molar refractivity (Wildman–Crippen MR) is 70.4 cm³/mol. The lowest BCUT2D eigenvalue weighted by Gasteiger charge is -2.12. The smallest absolute Gasteiger partial charge is 0.335 e. The molecule has 1 aromatic carbocycles. The molecule has 0 heterocycles. The van der Waals surface area contributed by atoms with E-state index in [2.05, 4.69) is 5.32 Å². The number of carboxylic acid groups (broad SMARTS) is 1. The third kappa shape index (κ3) is 3.41. The van der Waals surface area contributed by atoms with Crippen LogP contribution in [-0.2, 0) is 15.6 Å². The van der Waals surface area contributed by atoms with Crippen LogP contribution in [0.2, 0.25) is 0 Å². The fraction of sp³-hybridized carbons (Fsp3) is 0.385. The minimum atomic E-state index is -1.55. The van der Waals surface area contributed by atoms with E-state index in [-0.39, 0.29) is 17.5 Å². The highest BCUT2D eigenvalue weighted by atomic mass is 32.2. The van der Waals surface area contributed by atoms with Crippen LogP contribution in [0.5, 0.6) is 0 Å². The van der Waals surface area contributed by atoms with E-state index in [1.54, 1.807) is 13.0 Å². The quantitative estimate of drug-likeness (QED) is 0.848. The molecule has 6 heteroatoms. The zero-order chi connectivity index (χ0) is 14.0. The Labute approximate surface area is 113 Å². The van der Waals surface area contributed by atoms with Gasteiger partial charge in [-0.2, -0.15) is 0 Å². The van der Waals surface area contributed by atoms with E-state index in [4.69, 9.17) is 5.11 Å². The van der Waals surface area contributed by atoms with Gasteiger partial charge >= 0.3 is 5.97 Å². The Hall–Kier alpha value is -1.69. The molecule has 1 aromatic rings. The Morgan fingerprint density at radius 1 is 1.42 bits per heavy atom. The summed E-state index contributed by atoms with van der Waals surface area (Å²) in [6, 6.07) is 6.10. The van der Waals surface area contributed by atoms with Gasteiger partial charge in [-0.25, -0.2) is 4.79 Å². The first-order valence-corrected chi connectivity index (χ1v) is 7.24. The number of benzene rings is 1. The highest BCUT2D eigenvalue weighted by Gasteiger charge is 2.28. The molecule has 0 radical (unpaired) electrons. The molecule has 2 N–H and O–H groups in total. The number of nitrogens with one attached hydrogen (secondary N) is 1. The van der Waals surface area contributed by atoms with E-state index in [0.717, 1.165) is 12.8 Å². The Morgan fingerprint density at radius 2 is 2.11 bits per heavy atom. The van der Waals surface area contributed by atoms with E-state index in [1.807, 2.05) is 0 Å². The zero-order valence-corrected chi connectivity index (χ0v) is 11.3. The standard InChI is InChI=1S/C13H15NO4S/c1-8(12(15)14-10-5-6-10)19(18)11-4-2-3-9(7-11)13(16)17/h2-4,7-8,10H,5-6H2,1H3,(H,14,15)(H,16,17). The van der Waals surface area contributed by atoms with Gasteiger partial charge in [0.15, 0.2) is 0 Å². The zero-order valence-electron chi connectivity index (χ0n) is 10.5. The van der Waals surface area contributed by atoms with E-state index in [0.29, 0.717) is 4.90 Å². The molecule has 1 amide bonds. The molecular weight excluding hydrogens is 266 g/mol. The Kier molecular flexibility index (Phi) is 3.99. The predicted octanol–water partition coefficient (Wildman–Crippen LogP) is 1.16. The number of rotatable bonds is 5. The minimum Gasteiger partial charge on any atom is -0.478 e. The molecule has 19 heavy (non-hydrogen) atoms. The van der Waals surface area contributed by atoms with Gasteiger partial charge in [0.05, 0.1) is 16.4 Å². The topological polar surface area (TPSA) is 83.5 Å². The summed E-state index contributed by atoms with van der Waals surface area (Å²) >= 11 is 0. The average molecular weight is 281 g/mol. The second kappa shape index (κ2) is 5.52. The van der Waals surface area contributed by atoms with Crippen LogP contribution >= 0.6 is 0 Å². The number of carbonyl (C=O) groups is 2. The molecular formula is C13H15NO4S. The molecule has 2 rings (SSSR count). The minimum absolute atomic E-state index is 0.0700. The molecule has 1 aliphatic carbocycles. The van der Waals surface area contributed by atoms with E-state index in [9.17, 15) is 13.8 Å². The van der Waals surface area contributed by atoms with Gasteiger partial charge in [-0.05, 0) is 38.0 Å². The number of carboxylic acids is 1. The van der Waals surface area contributed by atoms with Gasteiger partial charge in [-0.3, -0.25) is 9.00 Å². The normalized spacial score (nSPS) is 17.5. The summed E-state index contributed by atoms with van der Waals surface area (Å²) in [6.07, 6.45) is 1.94. The third-order valence-corrected chi connectivity index (χ3v) is 4.50. The molecule has 2 unspecified atom stereocenters. The summed E-state index contributed by atoms with van der Waals surface area (Å²) in [5.41, 5.74) is 0.0700. The lowest BCUT2D eigenvalue weighted by molar-refractivity contribution is -0.120. The fourth-order valence-corrected chi connectivity index (χ4v) is 2.73. The number of hydrogen-bond acceptors (Lipinski definition) is 3. The summed E-state index contributed by atoms with van der Waals surface area (Å²) in [5.74, 6) is -1.32. The molecule has 102 valence electrons. The van der Waals surface area contributed by atoms with Crippen molar-refractivity contribution in [3.05, 3.63) is 29.8 Å². The van der Waals surface area contributed by atoms with Crippen molar-refractivity contribution in [2.45, 2.75) is 36.0 Å². The lowest BCUT2D eigenvalue weighted by Crippen LogP contribution is -2.36. The molecule has 0 spiro atoms. The number of hydrogen-bond donors (Lipinski definition) is 2. The van der Waals surface area contributed by atoms with Crippen molar-refractivity contribution in [3.8, 4) is 0 Å². The Balaban J connectivity index is 2.11. The van der Waals surface area contributed by atoms with Crippen LogP contribution in [0, 0.1) is 0 Å². The average Bonchev–Trinajstić information content (AvgIpc) is 3.21. The monoisotopic (exact) mass is 281 g/mol. The van der Waals surface area contributed by atoms with Crippen LogP contribution < -0.4 is 5.32 Å². The van der Waals surface area contributed by atoms with Crippen LogP contribution in [0.3, 0.4) is 0 Å². The van der Waals surface area contributed by atoms with Gasteiger partial charge in [-0.15, -0.1) is 0 Å². The van der Waals surface area contributed by atoms with Gasteiger partial charge in [0.2, 0.25) is 5.91 Å². The molecule has 0 saturated heterocycles. The summed E-state index contributed by atoms with van der Waals surface area (Å²) in [5, 5.41) is 11.0. The van der Waals surface area contributed by atoms with Crippen LogP contribution in [0.1, 0.15) is 30.1 Å². The molecule has 1 aliphatic rings. The van der Waals surface area contributed by atoms with Gasteiger partial charge in [0.1, 0.15) is 5.25 Å². The Bertz CT molecular complexity index is 539. The first-order chi connectivity index (χ1) is 8.99. The maximum absolute atomic E-state index is 12.2. The molecule has 5 nitrogen and oxygen atoms in total. The largest absolute Gasteiger partial charge is 0.478 e. The molecule has 2 atom stereocenters. The van der Waals surface area contributed by atoms with Gasteiger partial charge in [0.25, 0.3) is 0 Å². The van der Waals surface area contributed by atoms with Crippen molar-refractivity contribution in [1.29, 1.82) is 0 Å². The second-order valence-electron chi connectivity index (χ2n) is 4.56. The molecule has 0 aliphatic heterocycles. The van der Waals surface area contributed by atoms with Gasteiger partial charge in [-0.1, -0.05) is 6.07 Å². The summed E-state index contributed by atoms with van der Waals surface area (Å²) in [6.45, 7) is 1.58. The van der Waals surface area contributed by atoms with Crippen molar-refractivity contribution < 1.29 is 18.9 Å². The van der Waals surface area contributed by atoms with Crippen LogP contribution in [0.15, 0.2) is 29.2 Å². The summed E-state index contributed by atoms with van der Waals surface area (Å²) in [4.78, 5) is 23.0. The van der Waals surface area contributed by atoms with Crippen molar-refractivity contribution in [3.63, 3.8) is 0 Å². The van der Waals surface area contributed by atoms with Crippen molar-refractivity contribution in [1.82, 2.24) is 5.32 Å². The highest BCUT2D eigenvalue weighted by Crippen LogP contribution is 2.20. The maximum atomic E-state index is 12.2. The van der Waals surface area contributed by atoms with Crippen molar-refractivity contribution >= 4 is 22.7 Å². The number of amides is 1. The van der Waals surface area contributed by atoms with Crippen molar-refractivity contribution in [2.75, 3.05) is 0 Å². The molecule has 0 bridgehead atoms. The molecule has 0 aromatic heterocycles. The van der Waals surface area contributed by atoms with Gasteiger partial charge < -0.3 is 10.4 Å². The van der Waals surface area contributed by atoms with Crippen LogP contribution in [0.4, 0.5) is 0 Å². The van der Waals surface area contributed by atoms with Crippen molar-refractivity contribution in [2.24, 2.45) is 0 Å². The first-order valence-electron chi connectivity index (χ1n) is 6.03.